The second-order valence-electron chi connectivity index (χ2n) is 4.97. The van der Waals surface area contributed by atoms with Gasteiger partial charge >= 0.3 is 12.0 Å². The number of hydrogen-bond donors (Lipinski definition) is 3. The lowest BCUT2D eigenvalue weighted by molar-refractivity contribution is -0.139. The molecule has 0 saturated carbocycles. The van der Waals surface area contributed by atoms with Crippen LogP contribution in [0.25, 0.3) is 0 Å². The third-order valence-corrected chi connectivity index (χ3v) is 3.51. The summed E-state index contributed by atoms with van der Waals surface area (Å²) < 4.78 is 0. The number of urea groups is 1. The first-order valence-corrected chi connectivity index (χ1v) is 6.80. The fraction of sp³-hybridized carbons (Fsp3) is 0.467. The van der Waals surface area contributed by atoms with E-state index in [9.17, 15) is 14.7 Å². The Morgan fingerprint density at radius 1 is 1.15 bits per heavy atom. The lowest BCUT2D eigenvalue weighted by Crippen LogP contribution is -2.46. The van der Waals surface area contributed by atoms with Gasteiger partial charge in [0, 0.05) is 6.04 Å². The van der Waals surface area contributed by atoms with Crippen molar-refractivity contribution in [1.29, 1.82) is 0 Å². The van der Waals surface area contributed by atoms with E-state index in [2.05, 4.69) is 10.6 Å². The highest BCUT2D eigenvalue weighted by Gasteiger charge is 2.23. The fourth-order valence-electron chi connectivity index (χ4n) is 1.81. The number of carboxylic acids is 1. The van der Waals surface area contributed by atoms with Gasteiger partial charge < -0.3 is 15.7 Å². The minimum Gasteiger partial charge on any atom is -0.479 e. The minimum absolute atomic E-state index is 0.00906. The number of carbonyl (C=O) groups is 2. The molecule has 0 aliphatic heterocycles. The maximum Gasteiger partial charge on any atom is 0.330 e. The molecule has 0 aliphatic rings. The van der Waals surface area contributed by atoms with Crippen LogP contribution in [0, 0.1) is 5.92 Å². The van der Waals surface area contributed by atoms with Crippen molar-refractivity contribution in [1.82, 2.24) is 10.6 Å². The van der Waals surface area contributed by atoms with Crippen LogP contribution in [-0.2, 0) is 4.79 Å². The first kappa shape index (κ1) is 16.0. The summed E-state index contributed by atoms with van der Waals surface area (Å²) in [6, 6.07) is 7.13. The van der Waals surface area contributed by atoms with E-state index in [1.807, 2.05) is 20.8 Å². The number of benzene rings is 1. The maximum absolute atomic E-state index is 11.9. The van der Waals surface area contributed by atoms with Crippen LogP contribution in [0.15, 0.2) is 30.3 Å². The highest BCUT2D eigenvalue weighted by Crippen LogP contribution is 2.13. The van der Waals surface area contributed by atoms with E-state index in [1.54, 1.807) is 30.3 Å². The molecule has 0 aliphatic carbocycles. The quantitative estimate of drug-likeness (QED) is 0.748. The van der Waals surface area contributed by atoms with Crippen LogP contribution in [0.1, 0.15) is 38.8 Å². The van der Waals surface area contributed by atoms with Gasteiger partial charge in [0.25, 0.3) is 0 Å². The Kier molecular flexibility index (Phi) is 6.03. The molecule has 110 valence electrons. The molecule has 0 fully saturated rings. The lowest BCUT2D eigenvalue weighted by atomic mass is 10.0. The highest BCUT2D eigenvalue weighted by atomic mass is 16.4. The molecule has 2 amide bonds. The highest BCUT2D eigenvalue weighted by molar-refractivity contribution is 5.83. The van der Waals surface area contributed by atoms with Gasteiger partial charge in [-0.25, -0.2) is 9.59 Å². The number of carbonyl (C=O) groups excluding carboxylic acids is 1. The fourth-order valence-corrected chi connectivity index (χ4v) is 1.81. The molecule has 1 aromatic rings. The van der Waals surface area contributed by atoms with Gasteiger partial charge in [-0.3, -0.25) is 0 Å². The molecular weight excluding hydrogens is 256 g/mol. The molecular formula is C15H22N2O3. The van der Waals surface area contributed by atoms with E-state index >= 15 is 0 Å². The van der Waals surface area contributed by atoms with Gasteiger partial charge in [-0.1, -0.05) is 50.6 Å². The van der Waals surface area contributed by atoms with E-state index < -0.39 is 18.0 Å². The summed E-state index contributed by atoms with van der Waals surface area (Å²) in [4.78, 5) is 23.1. The Bertz CT molecular complexity index is 448. The van der Waals surface area contributed by atoms with Gasteiger partial charge in [0.1, 0.15) is 0 Å². The van der Waals surface area contributed by atoms with Crippen molar-refractivity contribution in [2.24, 2.45) is 5.92 Å². The normalized spacial score (nSPS) is 14.9. The van der Waals surface area contributed by atoms with Crippen molar-refractivity contribution in [3.63, 3.8) is 0 Å². The molecule has 1 rings (SSSR count). The molecule has 0 heterocycles. The average Bonchev–Trinajstić information content (AvgIpc) is 2.44. The van der Waals surface area contributed by atoms with Crippen molar-refractivity contribution in [2.75, 3.05) is 0 Å². The van der Waals surface area contributed by atoms with Crippen LogP contribution in [0.3, 0.4) is 0 Å². The Morgan fingerprint density at radius 3 is 2.25 bits per heavy atom. The molecule has 0 saturated heterocycles. The Balaban J connectivity index is 2.68. The summed E-state index contributed by atoms with van der Waals surface area (Å²) in [5.41, 5.74) is 0.548. The smallest absolute Gasteiger partial charge is 0.330 e. The number of hydrogen-bond acceptors (Lipinski definition) is 2. The summed E-state index contributed by atoms with van der Waals surface area (Å²) in [6.07, 6.45) is 0.947. The van der Waals surface area contributed by atoms with Crippen molar-refractivity contribution < 1.29 is 14.7 Å². The lowest BCUT2D eigenvalue weighted by Gasteiger charge is -2.22. The van der Waals surface area contributed by atoms with E-state index in [0.717, 1.165) is 6.42 Å². The number of aliphatic carboxylic acids is 1. The van der Waals surface area contributed by atoms with Crippen molar-refractivity contribution in [3.05, 3.63) is 35.9 Å². The molecule has 5 heteroatoms. The van der Waals surface area contributed by atoms with E-state index in [0.29, 0.717) is 11.5 Å². The van der Waals surface area contributed by atoms with Crippen molar-refractivity contribution in [3.8, 4) is 0 Å². The number of carboxylic acid groups (broad SMARTS) is 1. The zero-order valence-corrected chi connectivity index (χ0v) is 12.1. The van der Waals surface area contributed by atoms with Crippen molar-refractivity contribution in [2.45, 2.75) is 39.3 Å². The van der Waals surface area contributed by atoms with Crippen LogP contribution in [0.4, 0.5) is 4.79 Å². The molecule has 20 heavy (non-hydrogen) atoms. The molecule has 0 bridgehead atoms. The zero-order chi connectivity index (χ0) is 15.1. The second kappa shape index (κ2) is 7.53. The van der Waals surface area contributed by atoms with Crippen LogP contribution in [0.2, 0.25) is 0 Å². The summed E-state index contributed by atoms with van der Waals surface area (Å²) in [5.74, 6) is -0.747. The molecule has 0 spiro atoms. The van der Waals surface area contributed by atoms with Crippen molar-refractivity contribution >= 4 is 12.0 Å². The van der Waals surface area contributed by atoms with Gasteiger partial charge in [0.15, 0.2) is 6.04 Å². The largest absolute Gasteiger partial charge is 0.479 e. The topological polar surface area (TPSA) is 78.4 Å². The second-order valence-corrected chi connectivity index (χ2v) is 4.97. The third-order valence-electron chi connectivity index (χ3n) is 3.51. The molecule has 0 radical (unpaired) electrons. The average molecular weight is 278 g/mol. The van der Waals surface area contributed by atoms with E-state index in [1.165, 1.54) is 0 Å². The molecule has 3 atom stereocenters. The predicted octanol–water partition coefficient (Wildman–Crippen LogP) is 2.55. The summed E-state index contributed by atoms with van der Waals surface area (Å²) >= 11 is 0. The predicted molar refractivity (Wildman–Crippen MR) is 77.4 cm³/mol. The molecule has 0 aromatic heterocycles. The van der Waals surface area contributed by atoms with Crippen LogP contribution >= 0.6 is 0 Å². The van der Waals surface area contributed by atoms with E-state index in [4.69, 9.17) is 0 Å². The molecule has 3 N–H and O–H groups in total. The third kappa shape index (κ3) is 4.57. The Hall–Kier alpha value is -2.04. The standard InChI is InChI=1S/C15H22N2O3/c1-4-10(2)11(3)16-15(20)17-13(14(18)19)12-8-6-5-7-9-12/h5-11,13H,4H2,1-3H3,(H,18,19)(H2,16,17,20)/t10?,11?,13-/m0/s1. The number of amides is 2. The van der Waals surface area contributed by atoms with Crippen LogP contribution < -0.4 is 10.6 Å². The summed E-state index contributed by atoms with van der Waals surface area (Å²) in [5, 5.41) is 14.5. The molecule has 5 nitrogen and oxygen atoms in total. The van der Waals surface area contributed by atoms with Crippen LogP contribution in [-0.4, -0.2) is 23.1 Å². The number of nitrogens with one attached hydrogen (secondary N) is 2. The van der Waals surface area contributed by atoms with Crippen LogP contribution in [0.5, 0.6) is 0 Å². The summed E-state index contributed by atoms with van der Waals surface area (Å²) in [7, 11) is 0. The summed E-state index contributed by atoms with van der Waals surface area (Å²) in [6.45, 7) is 5.99. The maximum atomic E-state index is 11.9. The SMILES string of the molecule is CCC(C)C(C)NC(=O)N[C@H](C(=O)O)c1ccccc1. The first-order valence-electron chi connectivity index (χ1n) is 6.80. The molecule has 2 unspecified atom stereocenters. The van der Waals surface area contributed by atoms with Gasteiger partial charge in [0.2, 0.25) is 0 Å². The monoisotopic (exact) mass is 278 g/mol. The van der Waals surface area contributed by atoms with Gasteiger partial charge in [-0.15, -0.1) is 0 Å². The molecule has 1 aromatic carbocycles. The van der Waals surface area contributed by atoms with Gasteiger partial charge in [-0.2, -0.15) is 0 Å². The first-order chi connectivity index (χ1) is 9.45. The Labute approximate surface area is 119 Å². The number of rotatable bonds is 6. The van der Waals surface area contributed by atoms with Gasteiger partial charge in [-0.05, 0) is 18.4 Å². The van der Waals surface area contributed by atoms with Gasteiger partial charge in [0.05, 0.1) is 0 Å². The zero-order valence-electron chi connectivity index (χ0n) is 12.1. The minimum atomic E-state index is -1.08. The van der Waals surface area contributed by atoms with E-state index in [-0.39, 0.29) is 6.04 Å². The Morgan fingerprint density at radius 2 is 1.75 bits per heavy atom.